The maximum Gasteiger partial charge on any atom is 0.224 e. The van der Waals surface area contributed by atoms with Crippen LogP contribution in [0, 0.1) is 13.8 Å². The quantitative estimate of drug-likeness (QED) is 0.666. The van der Waals surface area contributed by atoms with E-state index >= 15 is 0 Å². The van der Waals surface area contributed by atoms with Gasteiger partial charge < -0.3 is 9.80 Å². The first-order chi connectivity index (χ1) is 14.1. The van der Waals surface area contributed by atoms with Crippen LogP contribution in [0.1, 0.15) is 17.8 Å². The first kappa shape index (κ1) is 19.2. The second-order valence-corrected chi connectivity index (χ2v) is 7.65. The van der Waals surface area contributed by atoms with Crippen molar-refractivity contribution in [1.82, 2.24) is 14.7 Å². The van der Waals surface area contributed by atoms with Gasteiger partial charge in [-0.1, -0.05) is 48.5 Å². The fourth-order valence-corrected chi connectivity index (χ4v) is 4.07. The summed E-state index contributed by atoms with van der Waals surface area (Å²) < 4.78 is 1.93. The van der Waals surface area contributed by atoms with E-state index < -0.39 is 0 Å². The summed E-state index contributed by atoms with van der Waals surface area (Å²) in [5, 5.41) is 4.46. The Kier molecular flexibility index (Phi) is 5.65. The summed E-state index contributed by atoms with van der Waals surface area (Å²) in [7, 11) is 0. The number of hydrogen-bond donors (Lipinski definition) is 0. The van der Waals surface area contributed by atoms with Crippen LogP contribution >= 0.6 is 0 Å². The monoisotopic (exact) mass is 388 g/mol. The highest BCUT2D eigenvalue weighted by molar-refractivity contribution is 5.79. The van der Waals surface area contributed by atoms with Gasteiger partial charge in [-0.25, -0.2) is 0 Å². The summed E-state index contributed by atoms with van der Waals surface area (Å²) in [5.41, 5.74) is 5.83. The van der Waals surface area contributed by atoms with Gasteiger partial charge in [-0.15, -0.1) is 0 Å². The summed E-state index contributed by atoms with van der Waals surface area (Å²) in [6, 6.07) is 21.1. The summed E-state index contributed by atoms with van der Waals surface area (Å²) in [5.74, 6) is 0.216. The van der Waals surface area contributed by atoms with E-state index in [1.54, 1.807) is 0 Å². The van der Waals surface area contributed by atoms with Crippen molar-refractivity contribution in [2.24, 2.45) is 0 Å². The molecule has 29 heavy (non-hydrogen) atoms. The zero-order valence-electron chi connectivity index (χ0n) is 17.2. The van der Waals surface area contributed by atoms with E-state index in [4.69, 9.17) is 0 Å². The Balaban J connectivity index is 1.37. The number of anilines is 1. The number of carbonyl (C=O) groups excluding carboxylic acids is 1. The molecule has 150 valence electrons. The minimum absolute atomic E-state index is 0.216. The van der Waals surface area contributed by atoms with Crippen LogP contribution in [-0.2, 0) is 11.3 Å². The highest BCUT2D eigenvalue weighted by Crippen LogP contribution is 2.31. The Hall–Kier alpha value is -3.08. The average molecular weight is 389 g/mol. The molecule has 4 rings (SSSR count). The van der Waals surface area contributed by atoms with Gasteiger partial charge in [-0.3, -0.25) is 9.48 Å². The van der Waals surface area contributed by atoms with E-state index in [0.29, 0.717) is 13.0 Å². The number of nitrogens with zero attached hydrogens (tertiary/aromatic N) is 4. The lowest BCUT2D eigenvalue weighted by atomic mass is 10.0. The van der Waals surface area contributed by atoms with E-state index in [1.807, 2.05) is 35.6 Å². The molecule has 1 saturated heterocycles. The number of carbonyl (C=O) groups is 1. The average Bonchev–Trinajstić information content (AvgIpc) is 3.09. The van der Waals surface area contributed by atoms with Crippen molar-refractivity contribution >= 4 is 11.6 Å². The van der Waals surface area contributed by atoms with Crippen LogP contribution in [0.15, 0.2) is 60.7 Å². The molecule has 5 heteroatoms. The second kappa shape index (κ2) is 8.52. The molecular formula is C24H28N4O. The Labute approximate surface area is 172 Å². The molecule has 1 fully saturated rings. The smallest absolute Gasteiger partial charge is 0.224 e. The lowest BCUT2D eigenvalue weighted by Crippen LogP contribution is -2.49. The minimum atomic E-state index is 0.216. The van der Waals surface area contributed by atoms with Gasteiger partial charge in [0.15, 0.2) is 0 Å². The highest BCUT2D eigenvalue weighted by atomic mass is 16.2. The lowest BCUT2D eigenvalue weighted by Gasteiger charge is -2.37. The number of amides is 1. The van der Waals surface area contributed by atoms with Crippen molar-refractivity contribution in [1.29, 1.82) is 0 Å². The third-order valence-corrected chi connectivity index (χ3v) is 5.60. The fourth-order valence-electron chi connectivity index (χ4n) is 4.07. The molecule has 0 spiro atoms. The number of aromatic nitrogens is 2. The van der Waals surface area contributed by atoms with Crippen molar-refractivity contribution in [2.75, 3.05) is 31.1 Å². The standard InChI is InChI=1S/C24H28N4O/c1-19-18-20(2)28(25-19)13-12-24(29)27-16-14-26(15-17-27)23-11-7-6-10-22(23)21-8-4-3-5-9-21/h3-11,18H,12-17H2,1-2H3. The molecule has 0 unspecified atom stereocenters. The maximum atomic E-state index is 12.7. The normalized spacial score (nSPS) is 14.3. The number of hydrogen-bond acceptors (Lipinski definition) is 3. The Morgan fingerprint density at radius 1 is 0.931 bits per heavy atom. The second-order valence-electron chi connectivity index (χ2n) is 7.65. The molecule has 1 aliphatic rings. The van der Waals surface area contributed by atoms with Crippen molar-refractivity contribution in [3.05, 3.63) is 72.1 Å². The Morgan fingerprint density at radius 3 is 2.31 bits per heavy atom. The largest absolute Gasteiger partial charge is 0.367 e. The van der Waals surface area contributed by atoms with Crippen molar-refractivity contribution < 1.29 is 4.79 Å². The van der Waals surface area contributed by atoms with Crippen LogP contribution in [0.5, 0.6) is 0 Å². The zero-order valence-corrected chi connectivity index (χ0v) is 17.2. The number of aryl methyl sites for hydroxylation is 3. The van der Waals surface area contributed by atoms with Gasteiger partial charge in [0.1, 0.15) is 0 Å². The number of benzene rings is 2. The van der Waals surface area contributed by atoms with Gasteiger partial charge in [0.2, 0.25) is 5.91 Å². The van der Waals surface area contributed by atoms with Crippen LogP contribution in [-0.4, -0.2) is 46.8 Å². The third-order valence-electron chi connectivity index (χ3n) is 5.60. The molecule has 5 nitrogen and oxygen atoms in total. The summed E-state index contributed by atoms with van der Waals surface area (Å²) in [4.78, 5) is 17.1. The molecular weight excluding hydrogens is 360 g/mol. The van der Waals surface area contributed by atoms with Gasteiger partial charge in [0, 0.05) is 56.1 Å². The zero-order chi connectivity index (χ0) is 20.2. The minimum Gasteiger partial charge on any atom is -0.367 e. The van der Waals surface area contributed by atoms with E-state index in [1.165, 1.54) is 16.8 Å². The molecule has 0 N–H and O–H groups in total. The molecule has 0 saturated carbocycles. The van der Waals surface area contributed by atoms with Gasteiger partial charge >= 0.3 is 0 Å². The molecule has 0 atom stereocenters. The molecule has 0 radical (unpaired) electrons. The maximum absolute atomic E-state index is 12.7. The summed E-state index contributed by atoms with van der Waals surface area (Å²) >= 11 is 0. The number of piperazine rings is 1. The summed E-state index contributed by atoms with van der Waals surface area (Å²) in [6.07, 6.45) is 0.503. The summed E-state index contributed by atoms with van der Waals surface area (Å²) in [6.45, 7) is 7.91. The molecule has 0 bridgehead atoms. The van der Waals surface area contributed by atoms with Gasteiger partial charge in [0.05, 0.1) is 5.69 Å². The van der Waals surface area contributed by atoms with E-state index in [9.17, 15) is 4.79 Å². The Morgan fingerprint density at radius 2 is 1.62 bits per heavy atom. The molecule has 3 aromatic rings. The molecule has 1 aliphatic heterocycles. The predicted octanol–water partition coefficient (Wildman–Crippen LogP) is 3.91. The topological polar surface area (TPSA) is 41.4 Å². The van der Waals surface area contributed by atoms with E-state index in [-0.39, 0.29) is 5.91 Å². The number of para-hydroxylation sites is 1. The van der Waals surface area contributed by atoms with Crippen LogP contribution in [0.4, 0.5) is 5.69 Å². The molecule has 1 aromatic heterocycles. The van der Waals surface area contributed by atoms with E-state index in [0.717, 1.165) is 37.6 Å². The first-order valence-corrected chi connectivity index (χ1v) is 10.3. The molecule has 1 amide bonds. The van der Waals surface area contributed by atoms with Crippen LogP contribution < -0.4 is 4.90 Å². The van der Waals surface area contributed by atoms with Gasteiger partial charge in [-0.2, -0.15) is 5.10 Å². The van der Waals surface area contributed by atoms with Crippen molar-refractivity contribution in [3.8, 4) is 11.1 Å². The first-order valence-electron chi connectivity index (χ1n) is 10.3. The molecule has 2 aromatic carbocycles. The Bertz CT molecular complexity index is 972. The molecule has 0 aliphatic carbocycles. The predicted molar refractivity (Wildman–Crippen MR) is 117 cm³/mol. The van der Waals surface area contributed by atoms with Crippen LogP contribution in [0.3, 0.4) is 0 Å². The SMILES string of the molecule is Cc1cc(C)n(CCC(=O)N2CCN(c3ccccc3-c3ccccc3)CC2)n1. The van der Waals surface area contributed by atoms with E-state index in [2.05, 4.69) is 58.5 Å². The number of rotatable bonds is 5. The van der Waals surface area contributed by atoms with Gasteiger partial charge in [0.25, 0.3) is 0 Å². The van der Waals surface area contributed by atoms with Crippen LogP contribution in [0.25, 0.3) is 11.1 Å². The third kappa shape index (κ3) is 4.34. The molecule has 2 heterocycles. The van der Waals surface area contributed by atoms with Gasteiger partial charge in [-0.05, 0) is 31.5 Å². The lowest BCUT2D eigenvalue weighted by molar-refractivity contribution is -0.131. The van der Waals surface area contributed by atoms with Crippen molar-refractivity contribution in [3.63, 3.8) is 0 Å². The fraction of sp³-hybridized carbons (Fsp3) is 0.333. The van der Waals surface area contributed by atoms with Crippen LogP contribution in [0.2, 0.25) is 0 Å². The van der Waals surface area contributed by atoms with Crippen molar-refractivity contribution in [2.45, 2.75) is 26.8 Å². The highest BCUT2D eigenvalue weighted by Gasteiger charge is 2.22.